The fourth-order valence-electron chi connectivity index (χ4n) is 1.78. The summed E-state index contributed by atoms with van der Waals surface area (Å²) in [5.74, 6) is 0.577. The Hall–Kier alpha value is -1.96. The quantitative estimate of drug-likeness (QED) is 0.753. The topological polar surface area (TPSA) is 46.2 Å². The lowest BCUT2D eigenvalue weighted by Gasteiger charge is -2.13. The Labute approximate surface area is 95.4 Å². The van der Waals surface area contributed by atoms with Gasteiger partial charge < -0.3 is 10.8 Å². The number of nitrogen functional groups attached to an aromatic ring is 1. The van der Waals surface area contributed by atoms with E-state index in [0.717, 1.165) is 5.69 Å². The van der Waals surface area contributed by atoms with Gasteiger partial charge in [0.15, 0.2) is 0 Å². The molecule has 2 nitrogen and oxygen atoms in total. The van der Waals surface area contributed by atoms with Gasteiger partial charge in [0.05, 0.1) is 0 Å². The van der Waals surface area contributed by atoms with Gasteiger partial charge in [-0.25, -0.2) is 0 Å². The third-order valence-corrected chi connectivity index (χ3v) is 2.80. The molecule has 0 spiro atoms. The molecule has 0 saturated carbocycles. The minimum absolute atomic E-state index is 0.282. The van der Waals surface area contributed by atoms with E-state index in [2.05, 4.69) is 13.0 Å². The van der Waals surface area contributed by atoms with Crippen LogP contribution in [0.4, 0.5) is 5.69 Å². The van der Waals surface area contributed by atoms with E-state index < -0.39 is 0 Å². The lowest BCUT2D eigenvalue weighted by molar-refractivity contribution is 0.475. The van der Waals surface area contributed by atoms with Crippen molar-refractivity contribution in [1.29, 1.82) is 0 Å². The first kappa shape index (κ1) is 10.6. The van der Waals surface area contributed by atoms with Crippen molar-refractivity contribution >= 4 is 5.69 Å². The third-order valence-electron chi connectivity index (χ3n) is 2.80. The van der Waals surface area contributed by atoms with Gasteiger partial charge in [0, 0.05) is 11.6 Å². The predicted octanol–water partition coefficient (Wildman–Crippen LogP) is 3.13. The van der Waals surface area contributed by atoms with Crippen LogP contribution in [0.3, 0.4) is 0 Å². The fourth-order valence-corrected chi connectivity index (χ4v) is 1.78. The average molecular weight is 213 g/mol. The SMILES string of the molecule is CC(c1ccc(O)cc1)c1cccc(N)c1. The molecular weight excluding hydrogens is 198 g/mol. The van der Waals surface area contributed by atoms with Gasteiger partial charge in [0.2, 0.25) is 0 Å². The molecule has 2 heteroatoms. The standard InChI is InChI=1S/C14H15NO/c1-10(11-5-7-14(16)8-6-11)12-3-2-4-13(15)9-12/h2-10,16H,15H2,1H3. The van der Waals surface area contributed by atoms with Crippen LogP contribution in [0.1, 0.15) is 24.0 Å². The first-order valence-electron chi connectivity index (χ1n) is 5.31. The Balaban J connectivity index is 2.31. The summed E-state index contributed by atoms with van der Waals surface area (Å²) in [5, 5.41) is 9.23. The molecule has 0 heterocycles. The van der Waals surface area contributed by atoms with Crippen LogP contribution in [0.15, 0.2) is 48.5 Å². The van der Waals surface area contributed by atoms with Crippen molar-refractivity contribution in [2.75, 3.05) is 5.73 Å². The van der Waals surface area contributed by atoms with E-state index >= 15 is 0 Å². The van der Waals surface area contributed by atoms with Gasteiger partial charge in [-0.15, -0.1) is 0 Å². The van der Waals surface area contributed by atoms with Crippen LogP contribution >= 0.6 is 0 Å². The predicted molar refractivity (Wildman–Crippen MR) is 66.5 cm³/mol. The highest BCUT2D eigenvalue weighted by molar-refractivity contribution is 5.44. The van der Waals surface area contributed by atoms with Gasteiger partial charge in [0.1, 0.15) is 5.75 Å². The van der Waals surface area contributed by atoms with Crippen LogP contribution in [0.25, 0.3) is 0 Å². The summed E-state index contributed by atoms with van der Waals surface area (Å²) in [5.41, 5.74) is 8.89. The summed E-state index contributed by atoms with van der Waals surface area (Å²) in [4.78, 5) is 0. The Kier molecular flexibility index (Phi) is 2.82. The molecule has 0 aromatic heterocycles. The van der Waals surface area contributed by atoms with Crippen LogP contribution in [-0.2, 0) is 0 Å². The molecule has 2 rings (SSSR count). The molecule has 3 N–H and O–H groups in total. The second kappa shape index (κ2) is 4.27. The van der Waals surface area contributed by atoms with Crippen molar-refractivity contribution in [3.05, 3.63) is 59.7 Å². The highest BCUT2D eigenvalue weighted by Crippen LogP contribution is 2.26. The summed E-state index contributed by atoms with van der Waals surface area (Å²) >= 11 is 0. The van der Waals surface area contributed by atoms with Crippen LogP contribution in [-0.4, -0.2) is 5.11 Å². The van der Waals surface area contributed by atoms with Crippen molar-refractivity contribution in [2.45, 2.75) is 12.8 Å². The summed E-state index contributed by atoms with van der Waals surface area (Å²) in [6.45, 7) is 2.13. The van der Waals surface area contributed by atoms with E-state index in [1.807, 2.05) is 30.3 Å². The lowest BCUT2D eigenvalue weighted by Crippen LogP contribution is -1.96. The van der Waals surface area contributed by atoms with Gasteiger partial charge in [-0.2, -0.15) is 0 Å². The van der Waals surface area contributed by atoms with E-state index in [9.17, 15) is 5.11 Å². The van der Waals surface area contributed by atoms with Crippen LogP contribution < -0.4 is 5.73 Å². The van der Waals surface area contributed by atoms with Gasteiger partial charge in [-0.05, 0) is 35.4 Å². The minimum Gasteiger partial charge on any atom is -0.508 e. The molecule has 2 aromatic rings. The molecule has 1 unspecified atom stereocenters. The molecule has 0 aliphatic heterocycles. The monoisotopic (exact) mass is 213 g/mol. The maximum atomic E-state index is 9.23. The molecule has 16 heavy (non-hydrogen) atoms. The van der Waals surface area contributed by atoms with Gasteiger partial charge in [-0.3, -0.25) is 0 Å². The number of benzene rings is 2. The number of rotatable bonds is 2. The zero-order valence-electron chi connectivity index (χ0n) is 9.22. The molecule has 0 bridgehead atoms. The van der Waals surface area contributed by atoms with Crippen molar-refractivity contribution in [3.8, 4) is 5.75 Å². The van der Waals surface area contributed by atoms with E-state index in [-0.39, 0.29) is 5.92 Å². The second-order valence-electron chi connectivity index (χ2n) is 3.98. The highest BCUT2D eigenvalue weighted by atomic mass is 16.3. The molecular formula is C14H15NO. The van der Waals surface area contributed by atoms with Gasteiger partial charge in [0.25, 0.3) is 0 Å². The number of hydrogen-bond acceptors (Lipinski definition) is 2. The maximum Gasteiger partial charge on any atom is 0.115 e. The van der Waals surface area contributed by atoms with Gasteiger partial charge >= 0.3 is 0 Å². The lowest BCUT2D eigenvalue weighted by atomic mass is 9.93. The molecule has 0 radical (unpaired) electrons. The van der Waals surface area contributed by atoms with E-state index in [4.69, 9.17) is 5.73 Å². The van der Waals surface area contributed by atoms with Crippen LogP contribution in [0, 0.1) is 0 Å². The van der Waals surface area contributed by atoms with Crippen molar-refractivity contribution in [1.82, 2.24) is 0 Å². The normalized spacial score (nSPS) is 12.3. The zero-order chi connectivity index (χ0) is 11.5. The van der Waals surface area contributed by atoms with Crippen molar-refractivity contribution in [3.63, 3.8) is 0 Å². The number of phenolic OH excluding ortho intramolecular Hbond substituents is 1. The number of anilines is 1. The summed E-state index contributed by atoms with van der Waals surface area (Å²) in [6.07, 6.45) is 0. The van der Waals surface area contributed by atoms with Crippen molar-refractivity contribution < 1.29 is 5.11 Å². The smallest absolute Gasteiger partial charge is 0.115 e. The Morgan fingerprint density at radius 1 is 1.00 bits per heavy atom. The zero-order valence-corrected chi connectivity index (χ0v) is 9.22. The molecule has 82 valence electrons. The molecule has 0 aliphatic carbocycles. The van der Waals surface area contributed by atoms with Gasteiger partial charge in [-0.1, -0.05) is 31.2 Å². The minimum atomic E-state index is 0.282. The molecule has 1 atom stereocenters. The molecule has 2 aromatic carbocycles. The Morgan fingerprint density at radius 3 is 2.31 bits per heavy atom. The average Bonchev–Trinajstić information content (AvgIpc) is 2.29. The number of phenols is 1. The maximum absolute atomic E-state index is 9.23. The Bertz CT molecular complexity index is 476. The number of nitrogens with two attached hydrogens (primary N) is 1. The summed E-state index contributed by atoms with van der Waals surface area (Å²) in [6, 6.07) is 15.2. The van der Waals surface area contributed by atoms with Crippen LogP contribution in [0.2, 0.25) is 0 Å². The highest BCUT2D eigenvalue weighted by Gasteiger charge is 2.08. The second-order valence-corrected chi connectivity index (χ2v) is 3.98. The number of hydrogen-bond donors (Lipinski definition) is 2. The molecule has 0 saturated heterocycles. The Morgan fingerprint density at radius 2 is 1.69 bits per heavy atom. The largest absolute Gasteiger partial charge is 0.508 e. The fraction of sp³-hybridized carbons (Fsp3) is 0.143. The summed E-state index contributed by atoms with van der Waals surface area (Å²) < 4.78 is 0. The van der Waals surface area contributed by atoms with E-state index in [0.29, 0.717) is 5.75 Å². The first-order valence-corrected chi connectivity index (χ1v) is 5.31. The third kappa shape index (κ3) is 2.16. The van der Waals surface area contributed by atoms with Crippen LogP contribution in [0.5, 0.6) is 5.75 Å². The molecule has 0 amide bonds. The van der Waals surface area contributed by atoms with E-state index in [1.165, 1.54) is 11.1 Å². The van der Waals surface area contributed by atoms with Crippen molar-refractivity contribution in [2.24, 2.45) is 0 Å². The molecule has 0 aliphatic rings. The van der Waals surface area contributed by atoms with E-state index in [1.54, 1.807) is 12.1 Å². The summed E-state index contributed by atoms with van der Waals surface area (Å²) in [7, 11) is 0. The number of aromatic hydroxyl groups is 1. The molecule has 0 fully saturated rings. The first-order chi connectivity index (χ1) is 7.66.